The largest absolute Gasteiger partial charge is 0.416 e. The Morgan fingerprint density at radius 1 is 1.17 bits per heavy atom. The molecular formula is C10H6F3N3OS. The molecule has 0 unspecified atom stereocenters. The molecule has 0 atom stereocenters. The zero-order chi connectivity index (χ0) is 13.3. The molecule has 0 saturated heterocycles. The van der Waals surface area contributed by atoms with E-state index in [4.69, 9.17) is 5.73 Å². The molecule has 18 heavy (non-hydrogen) atoms. The standard InChI is InChI=1S/C10H6F3N3OS/c11-10(12,13)6-3-1-5(2-4-6)7(17)8-15-16-9(14)18-8/h1-4H,(H2,14,16). The Kier molecular flexibility index (Phi) is 3.04. The van der Waals surface area contributed by atoms with E-state index in [2.05, 4.69) is 10.2 Å². The summed E-state index contributed by atoms with van der Waals surface area (Å²) in [7, 11) is 0. The number of hydrogen-bond acceptors (Lipinski definition) is 5. The molecule has 0 saturated carbocycles. The minimum Gasteiger partial charge on any atom is -0.374 e. The van der Waals surface area contributed by atoms with Gasteiger partial charge in [0.2, 0.25) is 10.9 Å². The molecule has 4 nitrogen and oxygen atoms in total. The molecule has 2 rings (SSSR count). The van der Waals surface area contributed by atoms with Crippen molar-refractivity contribution in [2.75, 3.05) is 5.73 Å². The molecule has 0 radical (unpaired) electrons. The van der Waals surface area contributed by atoms with Crippen LogP contribution in [-0.4, -0.2) is 16.0 Å². The number of carbonyl (C=O) groups is 1. The van der Waals surface area contributed by atoms with Crippen molar-refractivity contribution in [1.82, 2.24) is 10.2 Å². The Morgan fingerprint density at radius 2 is 1.78 bits per heavy atom. The second-order valence-electron chi connectivity index (χ2n) is 3.35. The lowest BCUT2D eigenvalue weighted by Gasteiger charge is -2.06. The van der Waals surface area contributed by atoms with Gasteiger partial charge in [-0.15, -0.1) is 10.2 Å². The zero-order valence-corrected chi connectivity index (χ0v) is 9.55. The van der Waals surface area contributed by atoms with Crippen LogP contribution in [0.5, 0.6) is 0 Å². The second-order valence-corrected chi connectivity index (χ2v) is 4.36. The van der Waals surface area contributed by atoms with Crippen LogP contribution >= 0.6 is 11.3 Å². The van der Waals surface area contributed by atoms with E-state index in [1.807, 2.05) is 0 Å². The Morgan fingerprint density at radius 3 is 2.22 bits per heavy atom. The summed E-state index contributed by atoms with van der Waals surface area (Å²) in [5, 5.41) is 7.18. The highest BCUT2D eigenvalue weighted by Gasteiger charge is 2.30. The third kappa shape index (κ3) is 2.48. The lowest BCUT2D eigenvalue weighted by Crippen LogP contribution is -2.06. The van der Waals surface area contributed by atoms with Crippen molar-refractivity contribution in [2.24, 2.45) is 0 Å². The van der Waals surface area contributed by atoms with Crippen molar-refractivity contribution < 1.29 is 18.0 Å². The van der Waals surface area contributed by atoms with Gasteiger partial charge < -0.3 is 5.73 Å². The molecule has 0 amide bonds. The molecule has 2 aromatic rings. The molecule has 0 aliphatic carbocycles. The lowest BCUT2D eigenvalue weighted by molar-refractivity contribution is -0.137. The van der Waals surface area contributed by atoms with Gasteiger partial charge >= 0.3 is 6.18 Å². The van der Waals surface area contributed by atoms with Gasteiger partial charge in [-0.1, -0.05) is 23.5 Å². The fourth-order valence-corrected chi connectivity index (χ4v) is 1.83. The summed E-state index contributed by atoms with van der Waals surface area (Å²) < 4.78 is 37.0. The number of alkyl halides is 3. The van der Waals surface area contributed by atoms with Gasteiger partial charge in [-0.3, -0.25) is 4.79 Å². The van der Waals surface area contributed by atoms with Gasteiger partial charge in [-0.2, -0.15) is 13.2 Å². The van der Waals surface area contributed by atoms with E-state index in [1.54, 1.807) is 0 Å². The summed E-state index contributed by atoms with van der Waals surface area (Å²) in [5.41, 5.74) is 4.62. The van der Waals surface area contributed by atoms with Gasteiger partial charge in [0.1, 0.15) is 0 Å². The number of ketones is 1. The topological polar surface area (TPSA) is 68.9 Å². The summed E-state index contributed by atoms with van der Waals surface area (Å²) in [4.78, 5) is 11.8. The second kappa shape index (κ2) is 4.37. The van der Waals surface area contributed by atoms with Crippen LogP contribution in [0.4, 0.5) is 18.3 Å². The fraction of sp³-hybridized carbons (Fsp3) is 0.100. The number of aromatic nitrogens is 2. The first-order valence-corrected chi connectivity index (χ1v) is 5.50. The van der Waals surface area contributed by atoms with Gasteiger partial charge in [-0.05, 0) is 12.1 Å². The zero-order valence-electron chi connectivity index (χ0n) is 8.73. The molecular weight excluding hydrogens is 267 g/mol. The number of hydrogen-bond donors (Lipinski definition) is 1. The van der Waals surface area contributed by atoms with Gasteiger partial charge in [0.25, 0.3) is 0 Å². The average Bonchev–Trinajstić information content (AvgIpc) is 2.74. The van der Waals surface area contributed by atoms with Crippen molar-refractivity contribution in [3.05, 3.63) is 40.4 Å². The van der Waals surface area contributed by atoms with E-state index < -0.39 is 17.5 Å². The summed E-state index contributed by atoms with van der Waals surface area (Å²) in [6.07, 6.45) is -4.42. The quantitative estimate of drug-likeness (QED) is 0.853. The minimum atomic E-state index is -4.42. The van der Waals surface area contributed by atoms with Gasteiger partial charge in [0.15, 0.2) is 5.01 Å². The van der Waals surface area contributed by atoms with Gasteiger partial charge in [0, 0.05) is 5.56 Å². The molecule has 0 bridgehead atoms. The minimum absolute atomic E-state index is 0.0484. The maximum atomic E-state index is 12.3. The van der Waals surface area contributed by atoms with Crippen molar-refractivity contribution in [3.63, 3.8) is 0 Å². The van der Waals surface area contributed by atoms with Crippen LogP contribution in [0.25, 0.3) is 0 Å². The van der Waals surface area contributed by atoms with E-state index in [0.717, 1.165) is 35.6 Å². The number of nitrogen functional groups attached to an aromatic ring is 1. The molecule has 2 N–H and O–H groups in total. The van der Waals surface area contributed by atoms with Crippen LogP contribution in [0, 0.1) is 0 Å². The normalized spacial score (nSPS) is 11.5. The third-order valence-electron chi connectivity index (χ3n) is 2.11. The monoisotopic (exact) mass is 273 g/mol. The molecule has 8 heteroatoms. The van der Waals surface area contributed by atoms with Crippen LogP contribution in [0.3, 0.4) is 0 Å². The highest BCUT2D eigenvalue weighted by Crippen LogP contribution is 2.29. The van der Waals surface area contributed by atoms with Gasteiger partial charge in [-0.25, -0.2) is 0 Å². The van der Waals surface area contributed by atoms with Crippen LogP contribution in [0.2, 0.25) is 0 Å². The van der Waals surface area contributed by atoms with E-state index in [0.29, 0.717) is 0 Å². The molecule has 1 aromatic carbocycles. The molecule has 94 valence electrons. The SMILES string of the molecule is Nc1nnc(C(=O)c2ccc(C(F)(F)F)cc2)s1. The van der Waals surface area contributed by atoms with Crippen molar-refractivity contribution in [2.45, 2.75) is 6.18 Å². The Bertz CT molecular complexity index is 577. The number of rotatable bonds is 2. The summed E-state index contributed by atoms with van der Waals surface area (Å²) in [6, 6.07) is 3.89. The number of nitrogens with two attached hydrogens (primary N) is 1. The van der Waals surface area contributed by atoms with E-state index >= 15 is 0 Å². The van der Waals surface area contributed by atoms with Crippen LogP contribution in [-0.2, 0) is 6.18 Å². The highest BCUT2D eigenvalue weighted by atomic mass is 32.1. The molecule has 0 aliphatic rings. The van der Waals surface area contributed by atoms with Crippen LogP contribution < -0.4 is 5.73 Å². The van der Waals surface area contributed by atoms with Crippen LogP contribution in [0.1, 0.15) is 20.9 Å². The van der Waals surface area contributed by atoms with Crippen LogP contribution in [0.15, 0.2) is 24.3 Å². The number of carbonyl (C=O) groups excluding carboxylic acids is 1. The molecule has 1 aromatic heterocycles. The predicted molar refractivity (Wildman–Crippen MR) is 59.2 cm³/mol. The molecule has 0 fully saturated rings. The molecule has 0 spiro atoms. The van der Waals surface area contributed by atoms with Crippen molar-refractivity contribution in [3.8, 4) is 0 Å². The summed E-state index contributed by atoms with van der Waals surface area (Å²) in [5.74, 6) is -0.502. The first-order valence-electron chi connectivity index (χ1n) is 4.69. The molecule has 1 heterocycles. The van der Waals surface area contributed by atoms with E-state index in [-0.39, 0.29) is 15.7 Å². The first kappa shape index (κ1) is 12.5. The predicted octanol–water partition coefficient (Wildman–Crippen LogP) is 2.37. The maximum absolute atomic E-state index is 12.3. The van der Waals surface area contributed by atoms with Crippen molar-refractivity contribution >= 4 is 22.3 Å². The summed E-state index contributed by atoms with van der Waals surface area (Å²) in [6.45, 7) is 0. The van der Waals surface area contributed by atoms with Gasteiger partial charge in [0.05, 0.1) is 5.56 Å². The maximum Gasteiger partial charge on any atom is 0.416 e. The Hall–Kier alpha value is -1.96. The van der Waals surface area contributed by atoms with E-state index in [1.165, 1.54) is 0 Å². The average molecular weight is 273 g/mol. The third-order valence-corrected chi connectivity index (χ3v) is 2.86. The number of nitrogens with zero attached hydrogens (tertiary/aromatic N) is 2. The number of anilines is 1. The molecule has 0 aliphatic heterocycles. The Labute approximate surface area is 103 Å². The smallest absolute Gasteiger partial charge is 0.374 e. The number of benzene rings is 1. The number of halogens is 3. The first-order chi connectivity index (χ1) is 8.38. The lowest BCUT2D eigenvalue weighted by atomic mass is 10.1. The Balaban J connectivity index is 2.28. The fourth-order valence-electron chi connectivity index (χ4n) is 1.26. The summed E-state index contributed by atoms with van der Waals surface area (Å²) >= 11 is 0.884. The van der Waals surface area contributed by atoms with E-state index in [9.17, 15) is 18.0 Å². The van der Waals surface area contributed by atoms with Crippen molar-refractivity contribution in [1.29, 1.82) is 0 Å². The highest BCUT2D eigenvalue weighted by molar-refractivity contribution is 7.17.